The summed E-state index contributed by atoms with van der Waals surface area (Å²) in [4.78, 5) is 0. The molecule has 0 atom stereocenters. The molecule has 0 aliphatic carbocycles. The van der Waals surface area contributed by atoms with Gasteiger partial charge in [0.2, 0.25) is 13.4 Å². The lowest BCUT2D eigenvalue weighted by Gasteiger charge is -2.31. The van der Waals surface area contributed by atoms with E-state index in [1.54, 1.807) is 0 Å². The van der Waals surface area contributed by atoms with Gasteiger partial charge in [-0.25, -0.2) is 0 Å². The molecule has 0 saturated carbocycles. The van der Waals surface area contributed by atoms with Crippen molar-refractivity contribution in [3.8, 4) is 55.9 Å². The zero-order valence-electron chi connectivity index (χ0n) is 31.4. The second-order valence-corrected chi connectivity index (χ2v) is 16.7. The zero-order valence-corrected chi connectivity index (χ0v) is 31.4. The second kappa shape index (κ2) is 10.4. The largest absolute Gasteiger partial charge is 0.310 e. The molecule has 0 N–H and O–H groups in total. The highest BCUT2D eigenvalue weighted by Gasteiger charge is 2.47. The van der Waals surface area contributed by atoms with Gasteiger partial charge >= 0.3 is 0 Å². The van der Waals surface area contributed by atoms with Crippen LogP contribution in [-0.2, 0) is 0 Å². The van der Waals surface area contributed by atoms with Crippen LogP contribution in [0.25, 0.3) is 99.5 Å². The van der Waals surface area contributed by atoms with E-state index in [2.05, 4.69) is 191 Å². The number of hydrogen-bond acceptors (Lipinski definition) is 0. The van der Waals surface area contributed by atoms with Crippen LogP contribution in [0.2, 0.25) is 0 Å². The molecule has 2 aromatic heterocycles. The molecule has 58 heavy (non-hydrogen) atoms. The lowest BCUT2D eigenvalue weighted by molar-refractivity contribution is 1.16. The number of nitrogens with zero attached hydrogens (tertiary/aromatic N) is 2. The van der Waals surface area contributed by atoms with Crippen molar-refractivity contribution in [2.45, 2.75) is 0 Å². The van der Waals surface area contributed by atoms with E-state index in [0.29, 0.717) is 0 Å². The van der Waals surface area contributed by atoms with Gasteiger partial charge in [-0.05, 0) is 103 Å². The van der Waals surface area contributed by atoms with Gasteiger partial charge in [0, 0.05) is 32.9 Å². The van der Waals surface area contributed by atoms with Crippen LogP contribution in [-0.4, -0.2) is 22.6 Å². The topological polar surface area (TPSA) is 9.86 Å². The van der Waals surface area contributed by atoms with Crippen molar-refractivity contribution in [2.75, 3.05) is 0 Å². The normalized spacial score (nSPS) is 13.4. The first-order chi connectivity index (χ1) is 28.8. The maximum Gasteiger partial charge on any atom is 0.248 e. The van der Waals surface area contributed by atoms with E-state index < -0.39 is 0 Å². The lowest BCUT2D eigenvalue weighted by Crippen LogP contribution is -2.57. The first kappa shape index (κ1) is 29.9. The molecule has 0 amide bonds. The smallest absolute Gasteiger partial charge is 0.248 e. The number of para-hydroxylation sites is 2. The number of rotatable bonds is 2. The fraction of sp³-hybridized carbons (Fsp3) is 0. The number of benzene rings is 9. The van der Waals surface area contributed by atoms with Crippen LogP contribution in [0.5, 0.6) is 0 Å². The van der Waals surface area contributed by atoms with Gasteiger partial charge in [-0.15, -0.1) is 0 Å². The maximum absolute atomic E-state index is 2.64. The van der Waals surface area contributed by atoms with Gasteiger partial charge in [0.1, 0.15) is 0 Å². The monoisotopic (exact) mass is 728 g/mol. The van der Waals surface area contributed by atoms with Gasteiger partial charge in [0.25, 0.3) is 0 Å². The number of aromatic nitrogens is 2. The van der Waals surface area contributed by atoms with Gasteiger partial charge in [-0.1, -0.05) is 157 Å². The molecule has 11 aromatic rings. The highest BCUT2D eigenvalue weighted by atomic mass is 15.0. The van der Waals surface area contributed by atoms with Crippen molar-refractivity contribution in [1.29, 1.82) is 0 Å². The Kier molecular flexibility index (Phi) is 5.34. The third-order valence-electron chi connectivity index (χ3n) is 14.1. The summed E-state index contributed by atoms with van der Waals surface area (Å²) in [5, 5.41) is 5.28. The Balaban J connectivity index is 1.13. The molecule has 6 heterocycles. The Morgan fingerprint density at radius 2 is 0.707 bits per heavy atom. The van der Waals surface area contributed by atoms with E-state index in [1.165, 1.54) is 132 Å². The molecule has 262 valence electrons. The molecule has 4 aliphatic rings. The van der Waals surface area contributed by atoms with Crippen molar-refractivity contribution in [2.24, 2.45) is 0 Å². The summed E-state index contributed by atoms with van der Waals surface area (Å²) in [6.45, 7) is 0.222. The summed E-state index contributed by atoms with van der Waals surface area (Å²) in [5.74, 6) is 0. The number of fused-ring (bicyclic) bond motifs is 18. The Labute approximate surface area is 335 Å². The predicted molar refractivity (Wildman–Crippen MR) is 246 cm³/mol. The Morgan fingerprint density at radius 3 is 1.17 bits per heavy atom. The van der Waals surface area contributed by atoms with Gasteiger partial charge < -0.3 is 9.13 Å². The third kappa shape index (κ3) is 3.40. The molecule has 4 heteroatoms. The lowest BCUT2D eigenvalue weighted by atomic mass is 9.35. The molecule has 4 aliphatic heterocycles. The predicted octanol–water partition coefficient (Wildman–Crippen LogP) is 8.83. The van der Waals surface area contributed by atoms with Crippen molar-refractivity contribution in [1.82, 2.24) is 9.13 Å². The molecule has 0 unspecified atom stereocenters. The van der Waals surface area contributed by atoms with E-state index in [0.717, 1.165) is 0 Å². The fourth-order valence-electron chi connectivity index (χ4n) is 12.0. The summed E-state index contributed by atoms with van der Waals surface area (Å²) < 4.78 is 5.27. The molecule has 9 aromatic carbocycles. The van der Waals surface area contributed by atoms with Crippen molar-refractivity contribution >= 4 is 89.8 Å². The summed E-state index contributed by atoms with van der Waals surface area (Å²) in [6, 6.07) is 68.9. The molecule has 0 radical (unpaired) electrons. The first-order valence-electron chi connectivity index (χ1n) is 20.5. The zero-order chi connectivity index (χ0) is 37.4. The van der Waals surface area contributed by atoms with Gasteiger partial charge in [0.05, 0.1) is 22.1 Å². The molecule has 2 nitrogen and oxygen atoms in total. The summed E-state index contributed by atoms with van der Waals surface area (Å²) >= 11 is 0. The van der Waals surface area contributed by atoms with Crippen molar-refractivity contribution in [3.05, 3.63) is 182 Å². The molecule has 0 bridgehead atoms. The highest BCUT2D eigenvalue weighted by Crippen LogP contribution is 2.46. The Hall–Kier alpha value is -7.29. The third-order valence-corrected chi connectivity index (χ3v) is 14.1. The standard InChI is InChI=1S/C54H30B2N2/c1-3-15-31(16-4-1)37-27-39-33-19-9-13-25-45(33)57-47-30-44-48(29-43(47)55-41-23-11-7-21-35(41)49(37)51(55)53(39)57)58-46-26-14-10-20-34(46)40-28-38(32-17-5-2-6-18-32)50-36-22-8-12-24-42(36)56(44)52(50)54(40)58/h1-30H. The van der Waals surface area contributed by atoms with Crippen LogP contribution in [0.15, 0.2) is 182 Å². The van der Waals surface area contributed by atoms with Crippen LogP contribution < -0.4 is 32.8 Å². The average molecular weight is 728 g/mol. The molecule has 0 saturated heterocycles. The highest BCUT2D eigenvalue weighted by molar-refractivity contribution is 7.03. The number of hydrogen-bond donors (Lipinski definition) is 0. The average Bonchev–Trinajstić information content (AvgIpc) is 4.02. The van der Waals surface area contributed by atoms with Gasteiger partial charge in [-0.3, -0.25) is 0 Å². The maximum atomic E-state index is 2.64. The summed E-state index contributed by atoms with van der Waals surface area (Å²) in [7, 11) is 0. The van der Waals surface area contributed by atoms with E-state index in [4.69, 9.17) is 0 Å². The second-order valence-electron chi connectivity index (χ2n) is 16.7. The van der Waals surface area contributed by atoms with Crippen LogP contribution in [0.4, 0.5) is 0 Å². The van der Waals surface area contributed by atoms with E-state index >= 15 is 0 Å². The van der Waals surface area contributed by atoms with Gasteiger partial charge in [0.15, 0.2) is 0 Å². The van der Waals surface area contributed by atoms with E-state index in [-0.39, 0.29) is 13.4 Å². The molecule has 0 fully saturated rings. The minimum absolute atomic E-state index is 0.111. The first-order valence-corrected chi connectivity index (χ1v) is 20.5. The van der Waals surface area contributed by atoms with E-state index in [1.807, 2.05) is 0 Å². The van der Waals surface area contributed by atoms with Crippen LogP contribution in [0.1, 0.15) is 0 Å². The molecule has 15 rings (SSSR count). The Morgan fingerprint density at radius 1 is 0.310 bits per heavy atom. The van der Waals surface area contributed by atoms with Crippen LogP contribution in [0, 0.1) is 0 Å². The molecule has 0 spiro atoms. The SMILES string of the molecule is c1ccc(-c2cc3c4ccccc4n4c3c3c2-c2ccccc2B3c2cc3c(cc2-4)B2c4ccccc4-c4c(-c5ccccc5)cc5c6ccccc6n-3c5c42)cc1. The van der Waals surface area contributed by atoms with Gasteiger partial charge in [-0.2, -0.15) is 0 Å². The van der Waals surface area contributed by atoms with Crippen LogP contribution in [0.3, 0.4) is 0 Å². The van der Waals surface area contributed by atoms with E-state index in [9.17, 15) is 0 Å². The minimum atomic E-state index is 0.111. The summed E-state index contributed by atoms with van der Waals surface area (Å²) in [5.41, 5.74) is 27.0. The quantitative estimate of drug-likeness (QED) is 0.158. The Bertz CT molecular complexity index is 3440. The molecular formula is C54H30B2N2. The van der Waals surface area contributed by atoms with Crippen molar-refractivity contribution < 1.29 is 0 Å². The fourth-order valence-corrected chi connectivity index (χ4v) is 12.0. The minimum Gasteiger partial charge on any atom is -0.310 e. The molecular weight excluding hydrogens is 698 g/mol. The van der Waals surface area contributed by atoms with Crippen LogP contribution >= 0.6 is 0 Å². The van der Waals surface area contributed by atoms with Crippen molar-refractivity contribution in [3.63, 3.8) is 0 Å². The summed E-state index contributed by atoms with van der Waals surface area (Å²) in [6.07, 6.45) is 0.